The van der Waals surface area contributed by atoms with Gasteiger partial charge in [-0.2, -0.15) is 5.26 Å². The van der Waals surface area contributed by atoms with Crippen LogP contribution < -0.4 is 36.5 Å². The lowest BCUT2D eigenvalue weighted by atomic mass is 9.71. The zero-order valence-corrected chi connectivity index (χ0v) is 44.2. The van der Waals surface area contributed by atoms with Crippen molar-refractivity contribution in [3.05, 3.63) is 58.6 Å². The number of carbonyl (C=O) groups is 1. The number of hydrogen-bond donors (Lipinski definition) is 5. The summed E-state index contributed by atoms with van der Waals surface area (Å²) in [4.78, 5) is 25.2. The molecule has 2 aromatic carbocycles. The summed E-state index contributed by atoms with van der Waals surface area (Å²) in [6.45, 7) is 11.2. The van der Waals surface area contributed by atoms with Gasteiger partial charge in [0.1, 0.15) is 24.1 Å². The Morgan fingerprint density at radius 2 is 1.68 bits per heavy atom. The first kappa shape index (κ1) is 50.2. The number of fused-ring (bicyclic) bond motifs is 3. The predicted octanol–water partition coefficient (Wildman–Crippen LogP) is 8.71. The second kappa shape index (κ2) is 22.5. The van der Waals surface area contributed by atoms with Crippen molar-refractivity contribution < 1.29 is 14.3 Å². The first-order valence-electron chi connectivity index (χ1n) is 28.1. The van der Waals surface area contributed by atoms with Crippen molar-refractivity contribution in [1.29, 1.82) is 5.26 Å². The molecule has 15 heteroatoms. The molecule has 5 N–H and O–H groups in total. The molecule has 0 bridgehead atoms. The molecule has 0 spiro atoms. The van der Waals surface area contributed by atoms with Crippen LogP contribution in [0, 0.1) is 40.9 Å². The van der Waals surface area contributed by atoms with Crippen LogP contribution in [0.2, 0.25) is 5.02 Å². The Kier molecular flexibility index (Phi) is 15.9. The lowest BCUT2D eigenvalue weighted by Crippen LogP contribution is -2.63. The van der Waals surface area contributed by atoms with Gasteiger partial charge in [0.15, 0.2) is 0 Å². The minimum Gasteiger partial charge on any atom is -0.490 e. The number of nitriles is 1. The van der Waals surface area contributed by atoms with E-state index in [1.54, 1.807) is 12.1 Å². The number of aliphatic imine (C=N–C) groups is 1. The monoisotopic (exact) mass is 1010 g/mol. The number of halogens is 1. The van der Waals surface area contributed by atoms with Crippen LogP contribution in [0.1, 0.15) is 147 Å². The minimum absolute atomic E-state index is 0.0449. The predicted molar refractivity (Wildman–Crippen MR) is 284 cm³/mol. The number of thioether (sulfide) groups is 1. The van der Waals surface area contributed by atoms with E-state index >= 15 is 0 Å². The van der Waals surface area contributed by atoms with Gasteiger partial charge in [0.25, 0.3) is 0 Å². The summed E-state index contributed by atoms with van der Waals surface area (Å²) >= 11 is 8.40. The average molecular weight is 1010 g/mol. The van der Waals surface area contributed by atoms with Crippen LogP contribution in [-0.4, -0.2) is 113 Å². The van der Waals surface area contributed by atoms with E-state index in [4.69, 9.17) is 26.1 Å². The number of benzene rings is 2. The lowest BCUT2D eigenvalue weighted by molar-refractivity contribution is -0.134. The van der Waals surface area contributed by atoms with E-state index in [0.29, 0.717) is 50.9 Å². The highest BCUT2D eigenvalue weighted by atomic mass is 35.5. The Morgan fingerprint density at radius 1 is 0.901 bits per heavy atom. The molecule has 9 unspecified atom stereocenters. The fourth-order valence-electron chi connectivity index (χ4n) is 14.3. The fourth-order valence-corrected chi connectivity index (χ4v) is 16.4. The summed E-state index contributed by atoms with van der Waals surface area (Å²) in [7, 11) is 0. The van der Waals surface area contributed by atoms with Gasteiger partial charge in [0, 0.05) is 72.8 Å². The number of rotatable bonds is 12. The highest BCUT2D eigenvalue weighted by molar-refractivity contribution is 8.00. The third-order valence-corrected chi connectivity index (χ3v) is 20.7. The van der Waals surface area contributed by atoms with E-state index in [1.807, 2.05) is 6.07 Å². The zero-order valence-electron chi connectivity index (χ0n) is 42.6. The summed E-state index contributed by atoms with van der Waals surface area (Å²) < 4.78 is 12.3. The van der Waals surface area contributed by atoms with E-state index in [0.717, 1.165) is 75.9 Å². The van der Waals surface area contributed by atoms with Gasteiger partial charge in [-0.05, 0) is 131 Å². The van der Waals surface area contributed by atoms with Crippen LogP contribution in [-0.2, 0) is 9.53 Å². The van der Waals surface area contributed by atoms with Gasteiger partial charge in [-0.1, -0.05) is 76.1 Å². The minimum atomic E-state index is -0.112. The van der Waals surface area contributed by atoms with Gasteiger partial charge < -0.3 is 19.7 Å². The standard InChI is InChI=1S/C56H81ClN10O3S/c1-34-35(2)71-56-52(34)53(61-49(30-51-59-26-27-69-51)54-63-62-36(3)66(54)56)39-14-20-44(21-15-39)65-32-41(33-65)38-12-10-37(11-13-38)28-43-19-25-50(67(64-43)45-8-6-4-5-7-9-45)55(68)60-42-17-23-46(24-18-42)70-47-22-16-40(31-58)48(57)29-47/h14-16,20-22,29,34-38,41-43,45-46,49-52,54,56,59,62-64H,4-13,17-19,23-28,30,32-33H2,1-3H3,(H,60,68)/t34?,35?,36?,37?,38?,42?,43?,46?,49-,50?,51?,52?,54?,56?/m0/s1. The Balaban J connectivity index is 0.660. The van der Waals surface area contributed by atoms with Crippen LogP contribution in [0.25, 0.3) is 0 Å². The average Bonchev–Trinajstić information content (AvgIpc) is 4.00. The molecule has 0 aromatic heterocycles. The molecule has 71 heavy (non-hydrogen) atoms. The molecule has 386 valence electrons. The summed E-state index contributed by atoms with van der Waals surface area (Å²) in [6, 6.07) is 17.9. The molecule has 6 aliphatic heterocycles. The van der Waals surface area contributed by atoms with Crippen LogP contribution in [0.5, 0.6) is 5.75 Å². The number of ether oxygens (including phenoxy) is 2. The topological polar surface area (TPSA) is 142 Å². The van der Waals surface area contributed by atoms with Gasteiger partial charge in [-0.25, -0.2) is 15.9 Å². The van der Waals surface area contributed by atoms with Gasteiger partial charge in [0.2, 0.25) is 5.91 Å². The quantitative estimate of drug-likeness (QED) is 0.130. The molecule has 0 radical (unpaired) electrons. The smallest absolute Gasteiger partial charge is 0.238 e. The first-order chi connectivity index (χ1) is 34.6. The number of hydrazine groups is 2. The number of nitrogens with zero attached hydrogens (tertiary/aromatic N) is 5. The van der Waals surface area contributed by atoms with Crippen molar-refractivity contribution >= 4 is 40.7 Å². The van der Waals surface area contributed by atoms with Gasteiger partial charge >= 0.3 is 0 Å². The van der Waals surface area contributed by atoms with Gasteiger partial charge in [0.05, 0.1) is 47.0 Å². The highest BCUT2D eigenvalue weighted by Gasteiger charge is 2.53. The van der Waals surface area contributed by atoms with Crippen molar-refractivity contribution in [1.82, 2.24) is 36.8 Å². The molecular weight excluding hydrogens is 928 g/mol. The summed E-state index contributed by atoms with van der Waals surface area (Å²) in [5, 5.41) is 20.1. The third kappa shape index (κ3) is 11.1. The number of hydrogen-bond acceptors (Lipinski definition) is 13. The third-order valence-electron chi connectivity index (χ3n) is 18.7. The number of amides is 1. The van der Waals surface area contributed by atoms with Crippen molar-refractivity contribution in [2.24, 2.45) is 34.6 Å². The van der Waals surface area contributed by atoms with Crippen LogP contribution in [0.15, 0.2) is 47.5 Å². The number of carbonyl (C=O) groups excluding carboxylic acids is 1. The summed E-state index contributed by atoms with van der Waals surface area (Å²) in [6.07, 6.45) is 21.0. The maximum Gasteiger partial charge on any atom is 0.238 e. The molecule has 11 rings (SSSR count). The molecule has 3 saturated carbocycles. The number of nitrogens with one attached hydrogen (secondary N) is 5. The van der Waals surface area contributed by atoms with E-state index in [1.165, 1.54) is 101 Å². The second-order valence-corrected chi connectivity index (χ2v) is 25.1. The van der Waals surface area contributed by atoms with Crippen LogP contribution in [0.3, 0.4) is 0 Å². The van der Waals surface area contributed by atoms with Gasteiger partial charge in [-0.15, -0.1) is 11.8 Å². The molecule has 6 heterocycles. The number of anilines is 1. The molecule has 5 saturated heterocycles. The Hall–Kier alpha value is -2.97. The maximum atomic E-state index is 14.2. The molecule has 13 nitrogen and oxygen atoms in total. The lowest BCUT2D eigenvalue weighted by Gasteiger charge is -2.48. The largest absolute Gasteiger partial charge is 0.490 e. The molecule has 1 amide bonds. The highest BCUT2D eigenvalue weighted by Crippen LogP contribution is 2.50. The maximum absolute atomic E-state index is 14.2. The SMILES string of the molecule is CC1SC2C(C(c3ccc(N4CC(C5CCC(CC6CCC(C(=O)NC7CCC(Oc8ccc(C#N)c(Cl)c8)CC7)N(C7CCCCCC7)N6)CC5)C4)cc3)=N[C@@H](CC3NCCO3)C3NNC(C)N23)C1C. The Labute approximate surface area is 433 Å². The van der Waals surface area contributed by atoms with Crippen molar-refractivity contribution in [2.75, 3.05) is 31.1 Å². The summed E-state index contributed by atoms with van der Waals surface area (Å²) in [5.41, 5.74) is 15.6. The van der Waals surface area contributed by atoms with E-state index in [2.05, 4.69) is 105 Å². The van der Waals surface area contributed by atoms with E-state index < -0.39 is 0 Å². The van der Waals surface area contributed by atoms with Crippen molar-refractivity contribution in [2.45, 2.75) is 202 Å². The fraction of sp³-hybridized carbons (Fsp3) is 0.732. The molecule has 3 aliphatic carbocycles. The molecule has 10 atom stereocenters. The van der Waals surface area contributed by atoms with E-state index in [-0.39, 0.29) is 48.7 Å². The summed E-state index contributed by atoms with van der Waals surface area (Å²) in [5.74, 6) is 4.17. The Morgan fingerprint density at radius 3 is 2.39 bits per heavy atom. The zero-order chi connectivity index (χ0) is 48.6. The second-order valence-electron chi connectivity index (χ2n) is 23.2. The van der Waals surface area contributed by atoms with Crippen molar-refractivity contribution in [3.63, 3.8) is 0 Å². The van der Waals surface area contributed by atoms with Crippen molar-refractivity contribution in [3.8, 4) is 11.8 Å². The molecular formula is C56H81ClN10O3S. The first-order valence-corrected chi connectivity index (χ1v) is 29.4. The Bertz CT molecular complexity index is 2200. The van der Waals surface area contributed by atoms with Crippen LogP contribution in [0.4, 0.5) is 5.69 Å². The van der Waals surface area contributed by atoms with E-state index in [9.17, 15) is 10.1 Å². The molecule has 2 aromatic rings. The van der Waals surface area contributed by atoms with Gasteiger partial charge in [-0.3, -0.25) is 25.4 Å². The molecule has 9 aliphatic rings. The molecule has 8 fully saturated rings. The normalized spacial score (nSPS) is 37.5. The van der Waals surface area contributed by atoms with Crippen LogP contribution >= 0.6 is 23.4 Å².